The fourth-order valence-corrected chi connectivity index (χ4v) is 22.5. The number of sulfonamides is 2. The van der Waals surface area contributed by atoms with Crippen LogP contribution in [0.3, 0.4) is 0 Å². The Kier molecular flexibility index (Phi) is 21.9. The molecular formula is C81H72N20O20S6. The number of carbonyl (C=O) groups is 2. The normalized spacial score (nSPS) is 18.9. The van der Waals surface area contributed by atoms with E-state index >= 15 is 9.59 Å². The molecule has 8 aromatic carbocycles. The molecule has 12 aromatic rings. The summed E-state index contributed by atoms with van der Waals surface area (Å²) in [7, 11) is -16.0. The highest BCUT2D eigenvalue weighted by molar-refractivity contribution is 7.95. The number of aromatic nitrogens is 8. The van der Waals surface area contributed by atoms with Gasteiger partial charge in [-0.25, -0.2) is 37.3 Å². The van der Waals surface area contributed by atoms with Crippen molar-refractivity contribution in [1.82, 2.24) is 48.5 Å². The Morgan fingerprint density at radius 1 is 0.465 bits per heavy atom. The lowest BCUT2D eigenvalue weighted by atomic mass is 9.70. The predicted molar refractivity (Wildman–Crippen MR) is 470 cm³/mol. The van der Waals surface area contributed by atoms with Crippen LogP contribution in [0.25, 0.3) is 44.1 Å². The molecule has 40 nitrogen and oxygen atoms in total. The first-order valence-electron chi connectivity index (χ1n) is 39.0. The summed E-state index contributed by atoms with van der Waals surface area (Å²) >= 11 is 0.638. The van der Waals surface area contributed by atoms with Gasteiger partial charge in [-0.2, -0.15) is 46.7 Å². The van der Waals surface area contributed by atoms with Crippen molar-refractivity contribution in [2.24, 2.45) is 47.8 Å². The number of benzene rings is 8. The van der Waals surface area contributed by atoms with E-state index in [2.05, 4.69) is 105 Å². The van der Waals surface area contributed by atoms with Gasteiger partial charge < -0.3 is 52.5 Å². The van der Waals surface area contributed by atoms with Crippen molar-refractivity contribution in [2.75, 3.05) is 43.4 Å². The highest BCUT2D eigenvalue weighted by Gasteiger charge is 2.41. The number of aryl methyl sites for hydroxylation is 2. The fourth-order valence-electron chi connectivity index (χ4n) is 17.8. The minimum atomic E-state index is -5.19. The third-order valence-corrected chi connectivity index (χ3v) is 29.2. The van der Waals surface area contributed by atoms with Gasteiger partial charge in [-0.05, 0) is 153 Å². The first-order chi connectivity index (χ1) is 60.7. The summed E-state index contributed by atoms with van der Waals surface area (Å²) in [4.78, 5) is 93.2. The number of nitrogen functional groups attached to an aromatic ring is 2. The smallest absolute Gasteiger partial charge is 0.296 e. The molecule has 18 rings (SSSR count). The molecule has 16 N–H and O–H groups in total. The van der Waals surface area contributed by atoms with E-state index in [1.165, 1.54) is 96.0 Å². The molecule has 0 spiro atoms. The lowest BCUT2D eigenvalue weighted by Gasteiger charge is -2.39. The van der Waals surface area contributed by atoms with E-state index in [0.717, 1.165) is 44.2 Å². The third kappa shape index (κ3) is 15.8. The number of nitrogens with zero attached hydrogens (tertiary/aromatic N) is 10. The van der Waals surface area contributed by atoms with Crippen LogP contribution in [0.4, 0.5) is 81.2 Å². The molecule has 46 heteroatoms. The zero-order chi connectivity index (χ0) is 89.2. The van der Waals surface area contributed by atoms with Crippen molar-refractivity contribution in [3.05, 3.63) is 200 Å². The number of aliphatic imine (C=N–C) groups is 2. The topological polar surface area (TPSA) is 583 Å². The van der Waals surface area contributed by atoms with E-state index < -0.39 is 72.8 Å². The molecule has 6 heterocycles. The van der Waals surface area contributed by atoms with Crippen molar-refractivity contribution in [1.29, 1.82) is 0 Å². The molecule has 652 valence electrons. The number of nitrogens with two attached hydrogens (primary N) is 2. The molecule has 2 saturated carbocycles. The van der Waals surface area contributed by atoms with Crippen LogP contribution in [0.1, 0.15) is 102 Å². The lowest BCUT2D eigenvalue weighted by molar-refractivity contribution is -0.432. The Morgan fingerprint density at radius 2 is 0.843 bits per heavy atom. The molecule has 6 aliphatic rings. The zero-order valence-electron chi connectivity index (χ0n) is 66.7. The quantitative estimate of drug-likeness (QED) is 0.0116. The van der Waals surface area contributed by atoms with Crippen LogP contribution in [0, 0.1) is 23.7 Å². The Morgan fingerprint density at radius 3 is 1.26 bits per heavy atom. The summed E-state index contributed by atoms with van der Waals surface area (Å²) in [6, 6.07) is 34.9. The fraction of sp³-hybridized carbons (Fsp3) is 0.210. The molecule has 127 heavy (non-hydrogen) atoms. The van der Waals surface area contributed by atoms with E-state index in [1.807, 2.05) is 0 Å². The number of rotatable bonds is 24. The van der Waals surface area contributed by atoms with Gasteiger partial charge in [0.1, 0.15) is 19.6 Å². The largest absolute Gasteiger partial charge is 0.368 e. The van der Waals surface area contributed by atoms with Gasteiger partial charge in [0, 0.05) is 59.2 Å². The van der Waals surface area contributed by atoms with E-state index in [1.54, 1.807) is 60.7 Å². The van der Waals surface area contributed by atoms with Gasteiger partial charge in [-0.3, -0.25) is 37.7 Å². The van der Waals surface area contributed by atoms with Crippen LogP contribution in [-0.2, 0) is 73.1 Å². The minimum Gasteiger partial charge on any atom is -0.368 e. The van der Waals surface area contributed by atoms with Crippen LogP contribution in [0.5, 0.6) is 0 Å². The van der Waals surface area contributed by atoms with Crippen LogP contribution >= 0.6 is 24.1 Å². The molecule has 6 atom stereocenters. The van der Waals surface area contributed by atoms with Crippen molar-refractivity contribution in [3.63, 3.8) is 0 Å². The number of hydrogen-bond donors (Lipinski definition) is 14. The Balaban J connectivity index is 0.559. The monoisotopic (exact) mass is 1840 g/mol. The highest BCUT2D eigenvalue weighted by atomic mass is 32.2. The number of ketones is 2. The van der Waals surface area contributed by atoms with Gasteiger partial charge >= 0.3 is 0 Å². The molecule has 2 fully saturated rings. The number of para-hydroxylation sites is 2. The lowest BCUT2D eigenvalue weighted by Crippen LogP contribution is -2.39. The van der Waals surface area contributed by atoms with Crippen LogP contribution in [-0.4, -0.2) is 128 Å². The summed E-state index contributed by atoms with van der Waals surface area (Å²) in [6.45, 7) is 4.23. The number of hydrogen-bond acceptors (Lipinski definition) is 36. The SMILES string of the molecule is CC1CC(CC2CCC(Nc3nc(N)nc(Nc4cc(Nc5ccc6c7c5C(=O)c5ccccc5-c7c(C5=Nc7ccccc7S(=O)(=O)N5)c(=O)n6C)c(SOOO)cc4S(=O)(=O)O)n3)C(C)C2)CCC1Nc1nc(N)nc(Nc2cc(Nc3ccc4c5c3C(=O)c3ccccc3-c5c(C3=Nc5ccccc5S(=O)(=O)N3)c(=O)n4C)c(S(=O)(=O)O)cc2SOOO)n1. The molecule has 4 aliphatic carbocycles. The predicted octanol–water partition coefficient (Wildman–Crippen LogP) is 11.9. The van der Waals surface area contributed by atoms with Crippen LogP contribution in [0.15, 0.2) is 195 Å². The number of anilines is 12. The molecule has 0 amide bonds. The van der Waals surface area contributed by atoms with E-state index in [9.17, 15) is 62.9 Å². The van der Waals surface area contributed by atoms with Crippen molar-refractivity contribution in [2.45, 2.75) is 100 Å². The maximum absolute atomic E-state index is 15.1. The van der Waals surface area contributed by atoms with Gasteiger partial charge in [0.15, 0.2) is 23.2 Å². The summed E-state index contributed by atoms with van der Waals surface area (Å²) in [5.74, 6) is -1.68. The average molecular weight is 1840 g/mol. The molecule has 2 aliphatic heterocycles. The molecule has 0 saturated heterocycles. The average Bonchev–Trinajstić information content (AvgIpc) is 0.705. The Labute approximate surface area is 729 Å². The highest BCUT2D eigenvalue weighted by Crippen LogP contribution is 2.50. The minimum absolute atomic E-state index is 0.000615. The second kappa shape index (κ2) is 32.8. The maximum Gasteiger partial charge on any atom is 0.296 e. The van der Waals surface area contributed by atoms with Crippen molar-refractivity contribution >= 4 is 191 Å². The second-order valence-electron chi connectivity index (χ2n) is 31.1. The number of fused-ring (bicyclic) bond motifs is 6. The van der Waals surface area contributed by atoms with Gasteiger partial charge in [-0.1, -0.05) is 96.7 Å². The van der Waals surface area contributed by atoms with Gasteiger partial charge in [-0.15, -0.1) is 8.67 Å². The van der Waals surface area contributed by atoms with E-state index in [0.29, 0.717) is 54.3 Å². The van der Waals surface area contributed by atoms with Crippen molar-refractivity contribution in [3.8, 4) is 22.3 Å². The summed E-state index contributed by atoms with van der Waals surface area (Å²) in [5, 5.41) is 45.9. The van der Waals surface area contributed by atoms with Crippen LogP contribution in [0.2, 0.25) is 0 Å². The van der Waals surface area contributed by atoms with Crippen molar-refractivity contribution < 1.29 is 81.6 Å². The Bertz CT molecular complexity index is 7430. The first kappa shape index (κ1) is 84.9. The summed E-state index contributed by atoms with van der Waals surface area (Å²) in [6.07, 6.45) is 5.65. The van der Waals surface area contributed by atoms with Gasteiger partial charge in [0.05, 0.1) is 113 Å². The molecule has 4 aromatic heterocycles. The third-order valence-electron chi connectivity index (χ3n) is 23.4. The number of nitrogens with one attached hydrogen (secondary N) is 8. The second-order valence-corrected chi connectivity index (χ2v) is 38.7. The van der Waals surface area contributed by atoms with E-state index in [-0.39, 0.29) is 208 Å². The maximum atomic E-state index is 15.1. The number of amidine groups is 2. The standard InChI is InChI=1S/C81H72N20O20S6/c1-36-29-38(21-23-44(36)88-78-92-76(82)94-80(96-78)90-51-33-52(60(126(112,113)114)35-57(51)123-121-119-107)85-49-26-28-55-67-63(41-14-6-8-16-43(41)71(103)65(49)67)69(75(105)101(55)4)73-87-47-18-10-12-20-59(47)125(110,111)99-73)31-39-22-24-45(37(2)30-39)89-79-93-77(83)95-81(97-79)91-53-32-50(56(122-120-118-106)34-61(53)127(115,116)117)84-48-25-27-54-66-62(40-13-5-7-15-42(40)70(102)64(48)66)68(74(104)100(54)3)72-86-46-17-9-11-19-58(46)124(108,109)98-72/h5-20,25-28,32-39,44-45,84-85,106-107H,21-24,29-31H2,1-4H3,(H,86,98)(H,87,99)(H,112,113,114)(H,115,116,117)(H4,82,88,90,92,94,96)(H4,83,89,91,93,95,97). The van der Waals surface area contributed by atoms with Gasteiger partial charge in [0.2, 0.25) is 35.7 Å². The molecular weight excluding hydrogens is 1770 g/mol. The number of carbonyl (C=O) groups excluding carboxylic acids is 2. The zero-order valence-corrected chi connectivity index (χ0v) is 71.6. The van der Waals surface area contributed by atoms with Gasteiger partial charge in [0.25, 0.3) is 51.4 Å². The Hall–Kier alpha value is -12.9. The van der Waals surface area contributed by atoms with E-state index in [4.69, 9.17) is 20.1 Å². The molecule has 0 radical (unpaired) electrons. The molecule has 6 unspecified atom stereocenters. The number of pyridine rings is 2. The summed E-state index contributed by atoms with van der Waals surface area (Å²) < 4.78 is 148. The molecule has 0 bridgehead atoms. The van der Waals surface area contributed by atoms with Crippen LogP contribution < -0.4 is 63.9 Å². The summed E-state index contributed by atoms with van der Waals surface area (Å²) in [5.41, 5.74) is 12.1. The first-order valence-corrected chi connectivity index (χ1v) is 46.4.